The Kier molecular flexibility index (Phi) is 4.21. The molecule has 3 aromatic carbocycles. The van der Waals surface area contributed by atoms with Crippen LogP contribution in [-0.4, -0.2) is 12.5 Å². The zero-order chi connectivity index (χ0) is 17.1. The molecule has 0 saturated carbocycles. The van der Waals surface area contributed by atoms with Gasteiger partial charge in [-0.2, -0.15) is 0 Å². The second kappa shape index (κ2) is 6.81. The predicted octanol–water partition coefficient (Wildman–Crippen LogP) is 3.99. The molecule has 0 bridgehead atoms. The summed E-state index contributed by atoms with van der Waals surface area (Å²) in [5.74, 6) is -0.00682. The average molecular weight is 328 g/mol. The number of fused-ring (bicyclic) bond motifs is 3. The van der Waals surface area contributed by atoms with Crippen molar-refractivity contribution in [3.05, 3.63) is 89.5 Å². The van der Waals surface area contributed by atoms with E-state index in [1.54, 1.807) is 0 Å². The van der Waals surface area contributed by atoms with Gasteiger partial charge in [-0.3, -0.25) is 4.79 Å². The number of anilines is 1. The van der Waals surface area contributed by atoms with E-state index in [4.69, 9.17) is 0 Å². The molecule has 1 aliphatic carbocycles. The maximum Gasteiger partial charge on any atom is 0.239 e. The lowest BCUT2D eigenvalue weighted by molar-refractivity contribution is -0.119. The fraction of sp³-hybridized carbons (Fsp3) is 0.136. The Morgan fingerprint density at radius 3 is 2.48 bits per heavy atom. The summed E-state index contributed by atoms with van der Waals surface area (Å²) in [4.78, 5) is 12.0. The van der Waals surface area contributed by atoms with Crippen molar-refractivity contribution in [3.8, 4) is 11.1 Å². The Labute approximate surface area is 147 Å². The van der Waals surface area contributed by atoms with Crippen molar-refractivity contribution in [1.29, 1.82) is 0 Å². The Bertz CT molecular complexity index is 903. The Balaban J connectivity index is 1.35. The second-order valence-corrected chi connectivity index (χ2v) is 6.32. The minimum Gasteiger partial charge on any atom is -0.376 e. The first-order valence-electron chi connectivity index (χ1n) is 8.55. The molecule has 2 N–H and O–H groups in total. The minimum absolute atomic E-state index is 0.00682. The van der Waals surface area contributed by atoms with E-state index in [1.165, 1.54) is 22.3 Å². The summed E-state index contributed by atoms with van der Waals surface area (Å²) < 4.78 is 0. The summed E-state index contributed by atoms with van der Waals surface area (Å²) >= 11 is 0. The van der Waals surface area contributed by atoms with Gasteiger partial charge in [-0.15, -0.1) is 0 Å². The van der Waals surface area contributed by atoms with Crippen molar-refractivity contribution < 1.29 is 4.79 Å². The van der Waals surface area contributed by atoms with Crippen LogP contribution in [0.4, 0.5) is 5.69 Å². The van der Waals surface area contributed by atoms with Crippen LogP contribution in [0.3, 0.4) is 0 Å². The molecule has 1 aliphatic rings. The van der Waals surface area contributed by atoms with Crippen LogP contribution in [0.25, 0.3) is 11.1 Å². The lowest BCUT2D eigenvalue weighted by atomic mass is 10.1. The summed E-state index contributed by atoms with van der Waals surface area (Å²) in [6.45, 7) is 0.833. The van der Waals surface area contributed by atoms with E-state index in [0.717, 1.165) is 17.7 Å². The Morgan fingerprint density at radius 2 is 1.60 bits per heavy atom. The number of hydrogen-bond donors (Lipinski definition) is 2. The monoisotopic (exact) mass is 328 g/mol. The molecule has 0 aliphatic heterocycles. The first kappa shape index (κ1) is 15.5. The zero-order valence-corrected chi connectivity index (χ0v) is 14.0. The van der Waals surface area contributed by atoms with Crippen LogP contribution in [0.5, 0.6) is 0 Å². The van der Waals surface area contributed by atoms with Gasteiger partial charge in [-0.05, 0) is 46.4 Å². The first-order valence-corrected chi connectivity index (χ1v) is 8.55. The molecule has 0 heterocycles. The first-order chi connectivity index (χ1) is 12.3. The smallest absolute Gasteiger partial charge is 0.239 e. The van der Waals surface area contributed by atoms with Gasteiger partial charge in [-0.25, -0.2) is 0 Å². The Hall–Kier alpha value is -3.07. The van der Waals surface area contributed by atoms with Crippen LogP contribution < -0.4 is 10.6 Å². The van der Waals surface area contributed by atoms with Crippen LogP contribution in [-0.2, 0) is 17.8 Å². The standard InChI is InChI=1S/C22H20N2O/c25-22(24-14-16-6-2-1-3-7-16)15-23-19-10-11-21-18(13-19)12-17-8-4-5-9-20(17)21/h1-11,13,23H,12,14-15H2,(H,24,25). The molecule has 0 aromatic heterocycles. The molecule has 3 aromatic rings. The lowest BCUT2D eigenvalue weighted by Crippen LogP contribution is -2.29. The van der Waals surface area contributed by atoms with Crippen molar-refractivity contribution >= 4 is 11.6 Å². The highest BCUT2D eigenvalue weighted by molar-refractivity contribution is 5.82. The predicted molar refractivity (Wildman–Crippen MR) is 101 cm³/mol. The summed E-state index contributed by atoms with van der Waals surface area (Å²) in [5.41, 5.74) is 7.40. The molecule has 0 unspecified atom stereocenters. The van der Waals surface area contributed by atoms with Crippen LogP contribution in [0.15, 0.2) is 72.8 Å². The lowest BCUT2D eigenvalue weighted by Gasteiger charge is -2.09. The van der Waals surface area contributed by atoms with E-state index < -0.39 is 0 Å². The van der Waals surface area contributed by atoms with Crippen LogP contribution in [0, 0.1) is 0 Å². The fourth-order valence-corrected chi connectivity index (χ4v) is 3.30. The van der Waals surface area contributed by atoms with E-state index in [9.17, 15) is 4.79 Å². The van der Waals surface area contributed by atoms with Gasteiger partial charge in [0, 0.05) is 12.2 Å². The second-order valence-electron chi connectivity index (χ2n) is 6.32. The highest BCUT2D eigenvalue weighted by atomic mass is 16.1. The maximum atomic E-state index is 12.0. The van der Waals surface area contributed by atoms with Crippen molar-refractivity contribution in [2.75, 3.05) is 11.9 Å². The highest BCUT2D eigenvalue weighted by Gasteiger charge is 2.17. The third kappa shape index (κ3) is 3.41. The van der Waals surface area contributed by atoms with Gasteiger partial charge in [0.1, 0.15) is 0 Å². The number of carbonyl (C=O) groups excluding carboxylic acids is 1. The topological polar surface area (TPSA) is 41.1 Å². The quantitative estimate of drug-likeness (QED) is 0.582. The van der Waals surface area contributed by atoms with E-state index in [1.807, 2.05) is 36.4 Å². The van der Waals surface area contributed by atoms with Gasteiger partial charge in [0.15, 0.2) is 0 Å². The molecule has 25 heavy (non-hydrogen) atoms. The van der Waals surface area contributed by atoms with Crippen molar-refractivity contribution in [2.45, 2.75) is 13.0 Å². The molecular formula is C22H20N2O. The van der Waals surface area contributed by atoms with Gasteiger partial charge in [-0.1, -0.05) is 60.7 Å². The third-order valence-electron chi connectivity index (χ3n) is 4.58. The van der Waals surface area contributed by atoms with Gasteiger partial charge >= 0.3 is 0 Å². The normalized spacial score (nSPS) is 11.5. The van der Waals surface area contributed by atoms with Gasteiger partial charge in [0.05, 0.1) is 6.54 Å². The molecule has 1 amide bonds. The Morgan fingerprint density at radius 1 is 0.840 bits per heavy atom. The fourth-order valence-electron chi connectivity index (χ4n) is 3.30. The summed E-state index contributed by atoms with van der Waals surface area (Å²) in [6.07, 6.45) is 0.960. The van der Waals surface area contributed by atoms with E-state index >= 15 is 0 Å². The average Bonchev–Trinajstić information content (AvgIpc) is 3.03. The highest BCUT2D eigenvalue weighted by Crippen LogP contribution is 2.37. The van der Waals surface area contributed by atoms with Gasteiger partial charge < -0.3 is 10.6 Å². The largest absolute Gasteiger partial charge is 0.376 e. The van der Waals surface area contributed by atoms with Gasteiger partial charge in [0.25, 0.3) is 0 Å². The number of carbonyl (C=O) groups is 1. The van der Waals surface area contributed by atoms with Gasteiger partial charge in [0.2, 0.25) is 5.91 Å². The van der Waals surface area contributed by atoms with Crippen LogP contribution >= 0.6 is 0 Å². The van der Waals surface area contributed by atoms with Crippen molar-refractivity contribution in [3.63, 3.8) is 0 Å². The number of amides is 1. The van der Waals surface area contributed by atoms with Crippen molar-refractivity contribution in [1.82, 2.24) is 5.32 Å². The molecule has 3 nitrogen and oxygen atoms in total. The maximum absolute atomic E-state index is 12.0. The molecule has 124 valence electrons. The summed E-state index contributed by atoms with van der Waals surface area (Å²) in [5, 5.41) is 6.16. The SMILES string of the molecule is O=C(CNc1ccc2c(c1)Cc1ccccc1-2)NCc1ccccc1. The molecule has 0 fully saturated rings. The third-order valence-corrected chi connectivity index (χ3v) is 4.58. The number of rotatable bonds is 5. The molecule has 0 saturated heterocycles. The number of nitrogens with one attached hydrogen (secondary N) is 2. The van der Waals surface area contributed by atoms with Crippen LogP contribution in [0.2, 0.25) is 0 Å². The molecule has 0 radical (unpaired) electrons. The zero-order valence-electron chi connectivity index (χ0n) is 14.0. The van der Waals surface area contributed by atoms with E-state index in [0.29, 0.717) is 6.54 Å². The molecule has 0 spiro atoms. The van der Waals surface area contributed by atoms with E-state index in [-0.39, 0.29) is 12.5 Å². The summed E-state index contributed by atoms with van der Waals surface area (Å²) in [7, 11) is 0. The molecule has 0 atom stereocenters. The summed E-state index contributed by atoms with van der Waals surface area (Å²) in [6, 6.07) is 24.8. The molecule has 4 rings (SSSR count). The minimum atomic E-state index is -0.00682. The molecular weight excluding hydrogens is 308 g/mol. The van der Waals surface area contributed by atoms with Crippen LogP contribution in [0.1, 0.15) is 16.7 Å². The number of benzene rings is 3. The van der Waals surface area contributed by atoms with E-state index in [2.05, 4.69) is 47.0 Å². The van der Waals surface area contributed by atoms with Crippen molar-refractivity contribution in [2.24, 2.45) is 0 Å². The molecule has 3 heteroatoms. The number of hydrogen-bond acceptors (Lipinski definition) is 2.